The second-order valence-electron chi connectivity index (χ2n) is 7.54. The molecule has 0 radical (unpaired) electrons. The number of piperazine rings is 1. The predicted octanol–water partition coefficient (Wildman–Crippen LogP) is 3.51. The summed E-state index contributed by atoms with van der Waals surface area (Å²) in [6, 6.07) is 13.6. The molecule has 3 rings (SSSR count). The van der Waals surface area contributed by atoms with E-state index in [1.54, 1.807) is 20.1 Å². The minimum atomic E-state index is -0.114. The molecule has 1 heterocycles. The topological polar surface area (TPSA) is 73.9 Å². The quantitative estimate of drug-likeness (QED) is 0.678. The van der Waals surface area contributed by atoms with Gasteiger partial charge in [0.1, 0.15) is 5.75 Å². The molecule has 2 N–H and O–H groups in total. The summed E-state index contributed by atoms with van der Waals surface area (Å²) >= 11 is 0. The van der Waals surface area contributed by atoms with Gasteiger partial charge in [0.15, 0.2) is 0 Å². The third-order valence-corrected chi connectivity index (χ3v) is 5.43. The van der Waals surface area contributed by atoms with Crippen LogP contribution in [0.3, 0.4) is 0 Å². The summed E-state index contributed by atoms with van der Waals surface area (Å²) in [6.07, 6.45) is 1.26. The summed E-state index contributed by atoms with van der Waals surface area (Å²) < 4.78 is 5.51. The average Bonchev–Trinajstić information content (AvgIpc) is 2.82. The standard InChI is InChI=1S/C24H32N4O3/c1-4-12-25-24(30)19-17-18(26-23(29)5-2)10-11-20(19)27-13-15-28(16-14-27)21-8-6-7-9-22(21)31-3/h6-11,17H,4-5,12-16H2,1-3H3,(H,25,30)(H,26,29). The van der Waals surface area contributed by atoms with Gasteiger partial charge in [-0.2, -0.15) is 0 Å². The van der Waals surface area contributed by atoms with Crippen molar-refractivity contribution in [1.29, 1.82) is 0 Å². The Kier molecular flexibility index (Phi) is 7.76. The molecule has 0 aliphatic carbocycles. The molecule has 166 valence electrons. The molecule has 1 saturated heterocycles. The lowest BCUT2D eigenvalue weighted by atomic mass is 10.1. The minimum Gasteiger partial charge on any atom is -0.495 e. The largest absolute Gasteiger partial charge is 0.495 e. The highest BCUT2D eigenvalue weighted by atomic mass is 16.5. The van der Waals surface area contributed by atoms with Crippen LogP contribution in [-0.4, -0.2) is 51.6 Å². The molecule has 0 spiro atoms. The highest BCUT2D eigenvalue weighted by Gasteiger charge is 2.23. The van der Waals surface area contributed by atoms with E-state index in [0.717, 1.165) is 49.7 Å². The van der Waals surface area contributed by atoms with Gasteiger partial charge in [-0.3, -0.25) is 9.59 Å². The first-order valence-corrected chi connectivity index (χ1v) is 10.9. The fraction of sp³-hybridized carbons (Fsp3) is 0.417. The van der Waals surface area contributed by atoms with Gasteiger partial charge >= 0.3 is 0 Å². The molecule has 7 heteroatoms. The normalized spacial score (nSPS) is 13.6. The molecule has 2 aromatic carbocycles. The third kappa shape index (κ3) is 5.48. The van der Waals surface area contributed by atoms with E-state index in [1.807, 2.05) is 37.3 Å². The lowest BCUT2D eigenvalue weighted by molar-refractivity contribution is -0.115. The van der Waals surface area contributed by atoms with Crippen molar-refractivity contribution in [2.75, 3.05) is 55.0 Å². The van der Waals surface area contributed by atoms with E-state index < -0.39 is 0 Å². The number of para-hydroxylation sites is 2. The van der Waals surface area contributed by atoms with E-state index in [4.69, 9.17) is 4.74 Å². The molecule has 1 fully saturated rings. The Bertz CT molecular complexity index is 907. The molecule has 31 heavy (non-hydrogen) atoms. The fourth-order valence-corrected chi connectivity index (χ4v) is 3.73. The molecule has 0 aromatic heterocycles. The highest BCUT2D eigenvalue weighted by Crippen LogP contribution is 2.31. The molecule has 1 aliphatic rings. The number of nitrogens with one attached hydrogen (secondary N) is 2. The highest BCUT2D eigenvalue weighted by molar-refractivity contribution is 6.02. The van der Waals surface area contributed by atoms with E-state index in [1.165, 1.54) is 0 Å². The van der Waals surface area contributed by atoms with E-state index >= 15 is 0 Å². The predicted molar refractivity (Wildman–Crippen MR) is 125 cm³/mol. The third-order valence-electron chi connectivity index (χ3n) is 5.43. The van der Waals surface area contributed by atoms with Gasteiger partial charge in [-0.15, -0.1) is 0 Å². The number of amides is 2. The van der Waals surface area contributed by atoms with Gasteiger partial charge in [0.25, 0.3) is 5.91 Å². The Hall–Kier alpha value is -3.22. The van der Waals surface area contributed by atoms with Crippen LogP contribution in [0.2, 0.25) is 0 Å². The number of carbonyl (C=O) groups excluding carboxylic acids is 2. The number of ether oxygens (including phenoxy) is 1. The van der Waals surface area contributed by atoms with E-state index in [9.17, 15) is 9.59 Å². The van der Waals surface area contributed by atoms with Crippen molar-refractivity contribution in [3.63, 3.8) is 0 Å². The van der Waals surface area contributed by atoms with Gasteiger partial charge < -0.3 is 25.2 Å². The van der Waals surface area contributed by atoms with Crippen LogP contribution >= 0.6 is 0 Å². The number of hydrogen-bond donors (Lipinski definition) is 2. The monoisotopic (exact) mass is 424 g/mol. The van der Waals surface area contributed by atoms with Crippen LogP contribution in [0.5, 0.6) is 5.75 Å². The van der Waals surface area contributed by atoms with Crippen LogP contribution in [-0.2, 0) is 4.79 Å². The molecule has 2 amide bonds. The zero-order chi connectivity index (χ0) is 22.2. The molecular weight excluding hydrogens is 392 g/mol. The number of carbonyl (C=O) groups is 2. The number of methoxy groups -OCH3 is 1. The number of nitrogens with zero attached hydrogens (tertiary/aromatic N) is 2. The Morgan fingerprint density at radius 3 is 2.29 bits per heavy atom. The minimum absolute atomic E-state index is 0.0712. The lowest BCUT2D eigenvalue weighted by Crippen LogP contribution is -2.47. The van der Waals surface area contributed by atoms with Crippen molar-refractivity contribution in [1.82, 2.24) is 5.32 Å². The molecule has 2 aromatic rings. The van der Waals surface area contributed by atoms with Crippen LogP contribution < -0.4 is 25.2 Å². The van der Waals surface area contributed by atoms with Gasteiger partial charge in [-0.05, 0) is 36.8 Å². The summed E-state index contributed by atoms with van der Waals surface area (Å²) in [5.41, 5.74) is 3.21. The van der Waals surface area contributed by atoms with Crippen molar-refractivity contribution in [2.24, 2.45) is 0 Å². The summed E-state index contributed by atoms with van der Waals surface area (Å²) in [5, 5.41) is 5.82. The van der Waals surface area contributed by atoms with Crippen molar-refractivity contribution < 1.29 is 14.3 Å². The van der Waals surface area contributed by atoms with Gasteiger partial charge in [-0.25, -0.2) is 0 Å². The van der Waals surface area contributed by atoms with Crippen LogP contribution in [0.15, 0.2) is 42.5 Å². The average molecular weight is 425 g/mol. The van der Waals surface area contributed by atoms with Crippen molar-refractivity contribution in [3.8, 4) is 5.75 Å². The van der Waals surface area contributed by atoms with Gasteiger partial charge in [0.2, 0.25) is 5.91 Å². The summed E-state index contributed by atoms with van der Waals surface area (Å²) in [7, 11) is 1.69. The van der Waals surface area contributed by atoms with Crippen molar-refractivity contribution in [3.05, 3.63) is 48.0 Å². The summed E-state index contributed by atoms with van der Waals surface area (Å²) in [4.78, 5) is 29.2. The van der Waals surface area contributed by atoms with Crippen LogP contribution in [0, 0.1) is 0 Å². The first-order chi connectivity index (χ1) is 15.1. The first-order valence-electron chi connectivity index (χ1n) is 10.9. The Balaban J connectivity index is 1.79. The molecule has 0 saturated carbocycles. The maximum absolute atomic E-state index is 12.9. The molecule has 0 bridgehead atoms. The zero-order valence-corrected chi connectivity index (χ0v) is 18.6. The smallest absolute Gasteiger partial charge is 0.253 e. The second-order valence-corrected chi connectivity index (χ2v) is 7.54. The van der Waals surface area contributed by atoms with E-state index in [-0.39, 0.29) is 11.8 Å². The number of hydrogen-bond acceptors (Lipinski definition) is 5. The van der Waals surface area contributed by atoms with Gasteiger partial charge in [-0.1, -0.05) is 26.0 Å². The molecule has 1 aliphatic heterocycles. The van der Waals surface area contributed by atoms with Crippen LogP contribution in [0.25, 0.3) is 0 Å². The molecule has 0 unspecified atom stereocenters. The molecule has 0 atom stereocenters. The SMILES string of the molecule is CCCNC(=O)c1cc(NC(=O)CC)ccc1N1CCN(c2ccccc2OC)CC1. The Morgan fingerprint density at radius 2 is 1.65 bits per heavy atom. The number of benzene rings is 2. The molecule has 7 nitrogen and oxygen atoms in total. The van der Waals surface area contributed by atoms with Gasteiger partial charge in [0, 0.05) is 50.5 Å². The van der Waals surface area contributed by atoms with Crippen molar-refractivity contribution >= 4 is 28.9 Å². The zero-order valence-electron chi connectivity index (χ0n) is 18.6. The second kappa shape index (κ2) is 10.7. The van der Waals surface area contributed by atoms with Crippen LogP contribution in [0.1, 0.15) is 37.0 Å². The number of rotatable bonds is 8. The van der Waals surface area contributed by atoms with Gasteiger partial charge in [0.05, 0.1) is 18.4 Å². The van der Waals surface area contributed by atoms with Crippen molar-refractivity contribution in [2.45, 2.75) is 26.7 Å². The van der Waals surface area contributed by atoms with E-state index in [0.29, 0.717) is 24.2 Å². The Morgan fingerprint density at radius 1 is 0.968 bits per heavy atom. The maximum atomic E-state index is 12.9. The summed E-state index contributed by atoms with van der Waals surface area (Å²) in [5.74, 6) is 0.682. The Labute approximate surface area is 184 Å². The maximum Gasteiger partial charge on any atom is 0.253 e. The fourth-order valence-electron chi connectivity index (χ4n) is 3.73. The molecular formula is C24H32N4O3. The lowest BCUT2D eigenvalue weighted by Gasteiger charge is -2.38. The van der Waals surface area contributed by atoms with E-state index in [2.05, 4.69) is 26.5 Å². The number of anilines is 3. The first kappa shape index (κ1) is 22.5. The summed E-state index contributed by atoms with van der Waals surface area (Å²) in [6.45, 7) is 7.66. The van der Waals surface area contributed by atoms with Crippen LogP contribution in [0.4, 0.5) is 17.1 Å².